The van der Waals surface area contributed by atoms with Crippen LogP contribution in [0.15, 0.2) is 65.6 Å². The third-order valence-corrected chi connectivity index (χ3v) is 7.18. The zero-order valence-electron chi connectivity index (χ0n) is 18.0. The first kappa shape index (κ1) is 24.0. The molecule has 34 heavy (non-hydrogen) atoms. The topological polar surface area (TPSA) is 69.2 Å². The van der Waals surface area contributed by atoms with Crippen molar-refractivity contribution in [3.05, 3.63) is 77.1 Å². The summed E-state index contributed by atoms with van der Waals surface area (Å²) in [6.45, 7) is 3.05. The van der Waals surface area contributed by atoms with Crippen LogP contribution in [0, 0.1) is 6.92 Å². The highest BCUT2D eigenvalue weighted by Gasteiger charge is 2.34. The highest BCUT2D eigenvalue weighted by molar-refractivity contribution is 7.91. The molecule has 3 aromatic carbocycles. The van der Waals surface area contributed by atoms with E-state index in [1.807, 2.05) is 0 Å². The van der Waals surface area contributed by atoms with E-state index in [0.29, 0.717) is 11.3 Å². The van der Waals surface area contributed by atoms with Gasteiger partial charge in [0.15, 0.2) is 9.84 Å². The summed E-state index contributed by atoms with van der Waals surface area (Å²) >= 11 is 6.40. The van der Waals surface area contributed by atoms with Gasteiger partial charge in [0.05, 0.1) is 32.4 Å². The number of halogens is 4. The number of ether oxygens (including phenoxy) is 1. The van der Waals surface area contributed by atoms with E-state index in [9.17, 15) is 21.6 Å². The van der Waals surface area contributed by atoms with Crippen LogP contribution in [0.4, 0.5) is 13.2 Å². The summed E-state index contributed by atoms with van der Waals surface area (Å²) in [6, 6.07) is 14.5. The van der Waals surface area contributed by atoms with Gasteiger partial charge in [-0.2, -0.15) is 13.2 Å². The molecule has 0 saturated carbocycles. The van der Waals surface area contributed by atoms with E-state index in [0.717, 1.165) is 6.07 Å². The van der Waals surface area contributed by atoms with Gasteiger partial charge in [-0.1, -0.05) is 36.7 Å². The lowest BCUT2D eigenvalue weighted by atomic mass is 10.0. The number of fused-ring (bicyclic) bond motifs is 1. The summed E-state index contributed by atoms with van der Waals surface area (Å²) in [4.78, 5) is 8.51. The Morgan fingerprint density at radius 2 is 1.68 bits per heavy atom. The van der Waals surface area contributed by atoms with E-state index in [4.69, 9.17) is 16.3 Å². The third-order valence-electron chi connectivity index (χ3n) is 5.12. The molecule has 0 fully saturated rings. The molecule has 0 aliphatic carbocycles. The zero-order valence-corrected chi connectivity index (χ0v) is 19.6. The van der Waals surface area contributed by atoms with Gasteiger partial charge in [0, 0.05) is 10.9 Å². The van der Waals surface area contributed by atoms with Crippen LogP contribution in [-0.2, 0) is 16.0 Å². The minimum atomic E-state index is -4.59. The van der Waals surface area contributed by atoms with E-state index < -0.39 is 21.6 Å². The molecule has 0 radical (unpaired) electrons. The van der Waals surface area contributed by atoms with Gasteiger partial charge >= 0.3 is 6.18 Å². The van der Waals surface area contributed by atoms with Crippen molar-refractivity contribution in [2.24, 2.45) is 0 Å². The van der Waals surface area contributed by atoms with Gasteiger partial charge in [-0.25, -0.2) is 18.4 Å². The molecule has 4 rings (SSSR count). The SMILES string of the molecule is CCS(=O)(=O)c1cccc(Oc2ccc(Cl)c(-c3nc(C)nc4c(C(F)(F)F)cccc34)c2)c1. The predicted molar refractivity (Wildman–Crippen MR) is 124 cm³/mol. The molecular formula is C24H18ClF3N2O3S. The number of hydrogen-bond donors (Lipinski definition) is 0. The van der Waals surface area contributed by atoms with E-state index in [1.165, 1.54) is 37.3 Å². The van der Waals surface area contributed by atoms with Gasteiger partial charge in [0.1, 0.15) is 17.3 Å². The maximum absolute atomic E-state index is 13.6. The molecule has 176 valence electrons. The molecule has 5 nitrogen and oxygen atoms in total. The Labute approximate surface area is 199 Å². The molecule has 0 bridgehead atoms. The first-order valence-corrected chi connectivity index (χ1v) is 12.2. The third kappa shape index (κ3) is 4.71. The summed E-state index contributed by atoms with van der Waals surface area (Å²) < 4.78 is 70.9. The Morgan fingerprint density at radius 1 is 0.971 bits per heavy atom. The molecule has 0 unspecified atom stereocenters. The van der Waals surface area contributed by atoms with Crippen LogP contribution in [-0.4, -0.2) is 24.1 Å². The summed E-state index contributed by atoms with van der Waals surface area (Å²) in [6.07, 6.45) is -4.59. The quantitative estimate of drug-likeness (QED) is 0.295. The predicted octanol–water partition coefficient (Wildman–Crippen LogP) is 6.86. The van der Waals surface area contributed by atoms with Crippen molar-refractivity contribution in [1.82, 2.24) is 9.97 Å². The number of benzene rings is 3. The van der Waals surface area contributed by atoms with Gasteiger partial charge in [0.25, 0.3) is 0 Å². The minimum absolute atomic E-state index is 0.0540. The smallest absolute Gasteiger partial charge is 0.418 e. The molecule has 0 aliphatic rings. The van der Waals surface area contributed by atoms with Crippen LogP contribution in [0.3, 0.4) is 0 Å². The van der Waals surface area contributed by atoms with Crippen molar-refractivity contribution in [3.8, 4) is 22.8 Å². The largest absolute Gasteiger partial charge is 0.457 e. The number of nitrogens with zero attached hydrogens (tertiary/aromatic N) is 2. The van der Waals surface area contributed by atoms with E-state index in [2.05, 4.69) is 9.97 Å². The normalized spacial score (nSPS) is 12.2. The van der Waals surface area contributed by atoms with Crippen molar-refractivity contribution in [2.75, 3.05) is 5.75 Å². The van der Waals surface area contributed by atoms with Crippen molar-refractivity contribution in [1.29, 1.82) is 0 Å². The van der Waals surface area contributed by atoms with Crippen LogP contribution in [0.25, 0.3) is 22.2 Å². The number of aromatic nitrogens is 2. The molecular weight excluding hydrogens is 489 g/mol. The Hall–Kier alpha value is -3.17. The van der Waals surface area contributed by atoms with Gasteiger partial charge in [0.2, 0.25) is 0 Å². The molecule has 4 aromatic rings. The molecule has 1 aromatic heterocycles. The Kier molecular flexibility index (Phi) is 6.26. The first-order chi connectivity index (χ1) is 16.0. The van der Waals surface area contributed by atoms with Crippen molar-refractivity contribution >= 4 is 32.3 Å². The van der Waals surface area contributed by atoms with E-state index in [1.54, 1.807) is 31.2 Å². The van der Waals surface area contributed by atoms with Gasteiger partial charge in [-0.05, 0) is 49.4 Å². The second-order valence-electron chi connectivity index (χ2n) is 7.44. The molecule has 0 spiro atoms. The van der Waals surface area contributed by atoms with Gasteiger partial charge < -0.3 is 4.74 Å². The van der Waals surface area contributed by atoms with Crippen molar-refractivity contribution in [2.45, 2.75) is 24.9 Å². The fourth-order valence-corrected chi connectivity index (χ4v) is 4.60. The Bertz CT molecular complexity index is 1510. The summed E-state index contributed by atoms with van der Waals surface area (Å²) in [5.74, 6) is 0.688. The molecule has 0 amide bonds. The standard InChI is InChI=1S/C24H18ClF3N2O3S/c1-3-34(31,32)17-7-4-6-15(12-17)33-16-10-11-21(25)19(13-16)22-18-8-5-9-20(24(26,27)28)23(18)30-14(2)29-22/h4-13H,3H2,1-2H3. The molecule has 0 atom stereocenters. The second-order valence-corrected chi connectivity index (χ2v) is 10.1. The van der Waals surface area contributed by atoms with Crippen molar-refractivity contribution in [3.63, 3.8) is 0 Å². The van der Waals surface area contributed by atoms with Gasteiger partial charge in [-0.15, -0.1) is 0 Å². The number of aryl methyl sites for hydroxylation is 1. The number of hydrogen-bond acceptors (Lipinski definition) is 5. The van der Waals surface area contributed by atoms with E-state index in [-0.39, 0.29) is 43.8 Å². The number of rotatable bonds is 5. The lowest BCUT2D eigenvalue weighted by Gasteiger charge is -2.14. The van der Waals surface area contributed by atoms with Crippen LogP contribution in [0.2, 0.25) is 5.02 Å². The molecule has 10 heteroatoms. The number of para-hydroxylation sites is 1. The lowest BCUT2D eigenvalue weighted by Crippen LogP contribution is -2.08. The molecule has 0 saturated heterocycles. The maximum atomic E-state index is 13.6. The summed E-state index contributed by atoms with van der Waals surface area (Å²) in [5.41, 5.74) is -0.510. The zero-order chi connectivity index (χ0) is 24.7. The first-order valence-electron chi connectivity index (χ1n) is 10.1. The van der Waals surface area contributed by atoms with Crippen LogP contribution in [0.1, 0.15) is 18.3 Å². The molecule has 0 aliphatic heterocycles. The fourth-order valence-electron chi connectivity index (χ4n) is 3.48. The number of alkyl halides is 3. The Balaban J connectivity index is 1.82. The monoisotopic (exact) mass is 506 g/mol. The maximum Gasteiger partial charge on any atom is 0.418 e. The molecule has 1 heterocycles. The van der Waals surface area contributed by atoms with Crippen LogP contribution < -0.4 is 4.74 Å². The average Bonchev–Trinajstić information content (AvgIpc) is 2.79. The van der Waals surface area contributed by atoms with Crippen molar-refractivity contribution < 1.29 is 26.3 Å². The fraction of sp³-hybridized carbons (Fsp3) is 0.167. The molecule has 0 N–H and O–H groups in total. The number of sulfone groups is 1. The Morgan fingerprint density at radius 3 is 2.38 bits per heavy atom. The highest BCUT2D eigenvalue weighted by Crippen LogP contribution is 2.39. The van der Waals surface area contributed by atoms with Crippen LogP contribution >= 0.6 is 11.6 Å². The van der Waals surface area contributed by atoms with Gasteiger partial charge in [-0.3, -0.25) is 0 Å². The second kappa shape index (κ2) is 8.88. The average molecular weight is 507 g/mol. The summed E-state index contributed by atoms with van der Waals surface area (Å²) in [7, 11) is -3.43. The van der Waals surface area contributed by atoms with Crippen LogP contribution in [0.5, 0.6) is 11.5 Å². The minimum Gasteiger partial charge on any atom is -0.457 e. The summed E-state index contributed by atoms with van der Waals surface area (Å²) in [5, 5.41) is 0.446. The lowest BCUT2D eigenvalue weighted by molar-refractivity contribution is -0.136. The van der Waals surface area contributed by atoms with E-state index >= 15 is 0 Å². The highest BCUT2D eigenvalue weighted by atomic mass is 35.5.